The largest absolute Gasteiger partial charge is 0.467 e. The van der Waals surface area contributed by atoms with E-state index in [0.717, 1.165) is 5.70 Å². The third-order valence-corrected chi connectivity index (χ3v) is 1.65. The average molecular weight is 171 g/mol. The lowest BCUT2D eigenvalue weighted by Crippen LogP contribution is -2.35. The highest BCUT2D eigenvalue weighted by Crippen LogP contribution is 2.03. The SMILES string of the molecule is C=C(N[C@@H](C)C(=O)OC)C(C)C. The Bertz CT molecular complexity index is 175. The molecule has 0 unspecified atom stereocenters. The molecule has 0 rings (SSSR count). The number of allylic oxidation sites excluding steroid dienone is 1. The van der Waals surface area contributed by atoms with Crippen molar-refractivity contribution in [1.29, 1.82) is 0 Å². The van der Waals surface area contributed by atoms with Gasteiger partial charge in [0, 0.05) is 5.70 Å². The Balaban J connectivity index is 3.92. The van der Waals surface area contributed by atoms with Gasteiger partial charge >= 0.3 is 5.97 Å². The molecule has 0 amide bonds. The Hall–Kier alpha value is -0.990. The molecular formula is C9H17NO2. The lowest BCUT2D eigenvalue weighted by atomic mass is 10.1. The molecule has 3 nitrogen and oxygen atoms in total. The van der Waals surface area contributed by atoms with Crippen LogP contribution < -0.4 is 5.32 Å². The number of ether oxygens (including phenoxy) is 1. The molecule has 0 heterocycles. The summed E-state index contributed by atoms with van der Waals surface area (Å²) in [6.07, 6.45) is 0. The van der Waals surface area contributed by atoms with E-state index in [1.807, 2.05) is 13.8 Å². The summed E-state index contributed by atoms with van der Waals surface area (Å²) in [5.74, 6) is 0.0638. The van der Waals surface area contributed by atoms with Gasteiger partial charge in [-0.1, -0.05) is 20.4 Å². The number of carbonyl (C=O) groups is 1. The van der Waals surface area contributed by atoms with Crippen LogP contribution in [0.5, 0.6) is 0 Å². The van der Waals surface area contributed by atoms with Crippen LogP contribution in [0.15, 0.2) is 12.3 Å². The molecule has 0 aromatic rings. The van der Waals surface area contributed by atoms with Crippen molar-refractivity contribution in [3.05, 3.63) is 12.3 Å². The topological polar surface area (TPSA) is 38.3 Å². The molecule has 0 bridgehead atoms. The summed E-state index contributed by atoms with van der Waals surface area (Å²) in [5.41, 5.74) is 0.855. The zero-order valence-corrected chi connectivity index (χ0v) is 8.18. The van der Waals surface area contributed by atoms with Crippen LogP contribution >= 0.6 is 0 Å². The van der Waals surface area contributed by atoms with Gasteiger partial charge in [0.2, 0.25) is 0 Å². The molecule has 0 fully saturated rings. The van der Waals surface area contributed by atoms with Crippen molar-refractivity contribution in [1.82, 2.24) is 5.32 Å². The Kier molecular flexibility index (Phi) is 4.40. The van der Waals surface area contributed by atoms with Crippen LogP contribution in [0.1, 0.15) is 20.8 Å². The molecular weight excluding hydrogens is 154 g/mol. The Labute approximate surface area is 73.8 Å². The number of hydrogen-bond acceptors (Lipinski definition) is 3. The van der Waals surface area contributed by atoms with Crippen LogP contribution in [0.25, 0.3) is 0 Å². The third-order valence-electron chi connectivity index (χ3n) is 1.65. The highest BCUT2D eigenvalue weighted by molar-refractivity contribution is 5.75. The number of esters is 1. The summed E-state index contributed by atoms with van der Waals surface area (Å²) in [7, 11) is 1.37. The van der Waals surface area contributed by atoms with E-state index in [9.17, 15) is 4.79 Å². The highest BCUT2D eigenvalue weighted by Gasteiger charge is 2.13. The van der Waals surface area contributed by atoms with E-state index in [4.69, 9.17) is 0 Å². The third kappa shape index (κ3) is 3.42. The van der Waals surface area contributed by atoms with E-state index < -0.39 is 0 Å². The second kappa shape index (κ2) is 4.80. The summed E-state index contributed by atoms with van der Waals surface area (Å²) in [6, 6.07) is -0.315. The minimum Gasteiger partial charge on any atom is -0.467 e. The van der Waals surface area contributed by atoms with Crippen LogP contribution in [-0.2, 0) is 9.53 Å². The quantitative estimate of drug-likeness (QED) is 0.648. The fourth-order valence-electron chi connectivity index (χ4n) is 0.680. The number of hydrogen-bond donors (Lipinski definition) is 1. The summed E-state index contributed by atoms with van der Waals surface area (Å²) in [4.78, 5) is 10.9. The lowest BCUT2D eigenvalue weighted by molar-refractivity contribution is -0.142. The Morgan fingerprint density at radius 2 is 1.92 bits per heavy atom. The Morgan fingerprint density at radius 1 is 1.42 bits per heavy atom. The van der Waals surface area contributed by atoms with Crippen molar-refractivity contribution in [2.45, 2.75) is 26.8 Å². The lowest BCUT2D eigenvalue weighted by Gasteiger charge is -2.17. The molecule has 0 aliphatic carbocycles. The van der Waals surface area contributed by atoms with Crippen molar-refractivity contribution in [2.24, 2.45) is 5.92 Å². The molecule has 12 heavy (non-hydrogen) atoms. The van der Waals surface area contributed by atoms with Crippen molar-refractivity contribution < 1.29 is 9.53 Å². The van der Waals surface area contributed by atoms with Gasteiger partial charge in [0.15, 0.2) is 0 Å². The van der Waals surface area contributed by atoms with Crippen molar-refractivity contribution in [2.75, 3.05) is 7.11 Å². The molecule has 0 aromatic carbocycles. The minimum absolute atomic E-state index is 0.267. The van der Waals surface area contributed by atoms with Crippen LogP contribution in [0.2, 0.25) is 0 Å². The zero-order chi connectivity index (χ0) is 9.72. The van der Waals surface area contributed by atoms with Gasteiger partial charge in [-0.15, -0.1) is 0 Å². The first-order chi connectivity index (χ1) is 5.49. The first-order valence-corrected chi connectivity index (χ1v) is 4.02. The number of nitrogens with one attached hydrogen (secondary N) is 1. The minimum atomic E-state index is -0.315. The molecule has 0 saturated heterocycles. The Morgan fingerprint density at radius 3 is 2.25 bits per heavy atom. The number of methoxy groups -OCH3 is 1. The van der Waals surface area contributed by atoms with E-state index in [1.165, 1.54) is 7.11 Å². The first kappa shape index (κ1) is 11.0. The summed E-state index contributed by atoms with van der Waals surface area (Å²) in [6.45, 7) is 9.57. The van der Waals surface area contributed by atoms with Crippen molar-refractivity contribution in [3.63, 3.8) is 0 Å². The molecule has 0 spiro atoms. The smallest absolute Gasteiger partial charge is 0.327 e. The maximum Gasteiger partial charge on any atom is 0.327 e. The second-order valence-corrected chi connectivity index (χ2v) is 3.07. The number of rotatable bonds is 4. The molecule has 1 atom stereocenters. The molecule has 0 aliphatic rings. The molecule has 0 aromatic heterocycles. The van der Waals surface area contributed by atoms with Gasteiger partial charge in [-0.2, -0.15) is 0 Å². The molecule has 0 saturated carbocycles. The van der Waals surface area contributed by atoms with Gasteiger partial charge in [0.25, 0.3) is 0 Å². The van der Waals surface area contributed by atoms with E-state index in [-0.39, 0.29) is 12.0 Å². The predicted molar refractivity (Wildman–Crippen MR) is 48.6 cm³/mol. The van der Waals surface area contributed by atoms with Crippen LogP contribution in [-0.4, -0.2) is 19.1 Å². The monoisotopic (exact) mass is 171 g/mol. The van der Waals surface area contributed by atoms with Gasteiger partial charge in [0.05, 0.1) is 7.11 Å². The van der Waals surface area contributed by atoms with Gasteiger partial charge in [-0.05, 0) is 12.8 Å². The van der Waals surface area contributed by atoms with Gasteiger partial charge in [-0.25, -0.2) is 4.79 Å². The summed E-state index contributed by atoms with van der Waals surface area (Å²) < 4.78 is 4.55. The summed E-state index contributed by atoms with van der Waals surface area (Å²) in [5, 5.41) is 2.96. The van der Waals surface area contributed by atoms with Gasteiger partial charge in [-0.3, -0.25) is 0 Å². The van der Waals surface area contributed by atoms with E-state index in [0.29, 0.717) is 5.92 Å². The predicted octanol–water partition coefficient (Wildman–Crippen LogP) is 1.31. The molecule has 0 radical (unpaired) electrons. The van der Waals surface area contributed by atoms with Gasteiger partial charge < -0.3 is 10.1 Å². The van der Waals surface area contributed by atoms with Crippen LogP contribution in [0, 0.1) is 5.92 Å². The first-order valence-electron chi connectivity index (χ1n) is 4.02. The van der Waals surface area contributed by atoms with Gasteiger partial charge in [0.1, 0.15) is 6.04 Å². The van der Waals surface area contributed by atoms with Crippen molar-refractivity contribution >= 4 is 5.97 Å². The van der Waals surface area contributed by atoms with Crippen LogP contribution in [0.3, 0.4) is 0 Å². The molecule has 0 aliphatic heterocycles. The highest BCUT2D eigenvalue weighted by atomic mass is 16.5. The second-order valence-electron chi connectivity index (χ2n) is 3.07. The van der Waals surface area contributed by atoms with Crippen molar-refractivity contribution in [3.8, 4) is 0 Å². The fraction of sp³-hybridized carbons (Fsp3) is 0.667. The maximum atomic E-state index is 10.9. The van der Waals surface area contributed by atoms with E-state index in [2.05, 4.69) is 16.6 Å². The fourth-order valence-corrected chi connectivity index (χ4v) is 0.680. The molecule has 1 N–H and O–H groups in total. The average Bonchev–Trinajstić information content (AvgIpc) is 2.02. The van der Waals surface area contributed by atoms with E-state index in [1.54, 1.807) is 6.92 Å². The number of carbonyl (C=O) groups excluding carboxylic acids is 1. The normalized spacial score (nSPS) is 12.4. The van der Waals surface area contributed by atoms with Crippen LogP contribution in [0.4, 0.5) is 0 Å². The standard InChI is InChI=1S/C9H17NO2/c1-6(2)7(3)10-8(4)9(11)12-5/h6,8,10H,3H2,1-2,4-5H3/t8-/m0/s1. The molecule has 3 heteroatoms. The maximum absolute atomic E-state index is 10.9. The zero-order valence-electron chi connectivity index (χ0n) is 8.18. The van der Waals surface area contributed by atoms with E-state index >= 15 is 0 Å². The summed E-state index contributed by atoms with van der Waals surface area (Å²) >= 11 is 0. The molecule has 70 valence electrons.